The lowest BCUT2D eigenvalue weighted by atomic mass is 10.1. The van der Waals surface area contributed by atoms with Gasteiger partial charge in [0.1, 0.15) is 5.58 Å². The Kier molecular flexibility index (Phi) is 5.53. The number of benzene rings is 1. The Morgan fingerprint density at radius 1 is 1.28 bits per heavy atom. The molecule has 1 amide bonds. The summed E-state index contributed by atoms with van der Waals surface area (Å²) in [5.41, 5.74) is 1.48. The van der Waals surface area contributed by atoms with E-state index in [4.69, 9.17) is 9.15 Å². The van der Waals surface area contributed by atoms with Crippen LogP contribution in [-0.2, 0) is 11.3 Å². The molecule has 0 fully saturated rings. The lowest BCUT2D eigenvalue weighted by Gasteiger charge is -2.23. The fourth-order valence-corrected chi connectivity index (χ4v) is 3.78. The standard InChI is InChI=1S/C19H22N2O3S/c1-21(2)15(17-9-6-10-25-17)11-20-19(22)18-14(12-23-3)13-7-4-5-8-16(13)24-18/h4-10,15H,11-12H2,1-3H3,(H,20,22). The van der Waals surface area contributed by atoms with Crippen molar-refractivity contribution >= 4 is 28.2 Å². The number of hydrogen-bond donors (Lipinski definition) is 1. The van der Waals surface area contributed by atoms with Crippen LogP contribution in [0.25, 0.3) is 11.0 Å². The summed E-state index contributed by atoms with van der Waals surface area (Å²) < 4.78 is 11.1. The summed E-state index contributed by atoms with van der Waals surface area (Å²) >= 11 is 1.69. The van der Waals surface area contributed by atoms with Crippen molar-refractivity contribution < 1.29 is 13.9 Å². The number of hydrogen-bond acceptors (Lipinski definition) is 5. The average Bonchev–Trinajstić information content (AvgIpc) is 3.24. The third-order valence-electron chi connectivity index (χ3n) is 4.14. The maximum absolute atomic E-state index is 12.7. The van der Waals surface area contributed by atoms with Crippen LogP contribution in [0.15, 0.2) is 46.2 Å². The number of furan rings is 1. The van der Waals surface area contributed by atoms with Gasteiger partial charge in [0.25, 0.3) is 5.91 Å². The summed E-state index contributed by atoms with van der Waals surface area (Å²) in [6, 6.07) is 11.9. The van der Waals surface area contributed by atoms with Gasteiger partial charge >= 0.3 is 0 Å². The highest BCUT2D eigenvalue weighted by Gasteiger charge is 2.22. The van der Waals surface area contributed by atoms with Crippen LogP contribution < -0.4 is 5.32 Å². The molecule has 2 heterocycles. The van der Waals surface area contributed by atoms with E-state index in [2.05, 4.69) is 16.3 Å². The molecular weight excluding hydrogens is 336 g/mol. The quantitative estimate of drug-likeness (QED) is 0.700. The molecule has 0 saturated heterocycles. The summed E-state index contributed by atoms with van der Waals surface area (Å²) in [4.78, 5) is 16.0. The first-order valence-electron chi connectivity index (χ1n) is 8.09. The zero-order valence-corrected chi connectivity index (χ0v) is 15.4. The van der Waals surface area contributed by atoms with Gasteiger partial charge in [0.05, 0.1) is 12.6 Å². The Hall–Kier alpha value is -2.15. The smallest absolute Gasteiger partial charge is 0.287 e. The van der Waals surface area contributed by atoms with E-state index >= 15 is 0 Å². The predicted octanol–water partition coefficient (Wildman–Crippen LogP) is 3.67. The summed E-state index contributed by atoms with van der Waals surface area (Å²) in [6.07, 6.45) is 0. The van der Waals surface area contributed by atoms with E-state index in [1.165, 1.54) is 4.88 Å². The third-order valence-corrected chi connectivity index (χ3v) is 5.12. The molecule has 0 aliphatic carbocycles. The maximum Gasteiger partial charge on any atom is 0.287 e. The molecule has 1 atom stereocenters. The van der Waals surface area contributed by atoms with Gasteiger partial charge in [-0.1, -0.05) is 24.3 Å². The fraction of sp³-hybridized carbons (Fsp3) is 0.316. The number of methoxy groups -OCH3 is 1. The van der Waals surface area contributed by atoms with Crippen molar-refractivity contribution in [3.8, 4) is 0 Å². The molecule has 0 radical (unpaired) electrons. The minimum Gasteiger partial charge on any atom is -0.451 e. The average molecular weight is 358 g/mol. The van der Waals surface area contributed by atoms with Gasteiger partial charge < -0.3 is 19.4 Å². The number of ether oxygens (including phenoxy) is 1. The summed E-state index contributed by atoms with van der Waals surface area (Å²) in [6.45, 7) is 0.845. The van der Waals surface area contributed by atoms with Crippen LogP contribution in [-0.4, -0.2) is 38.6 Å². The van der Waals surface area contributed by atoms with Crippen molar-refractivity contribution in [3.63, 3.8) is 0 Å². The molecule has 1 aromatic carbocycles. The maximum atomic E-state index is 12.7. The van der Waals surface area contributed by atoms with Crippen molar-refractivity contribution in [2.24, 2.45) is 0 Å². The highest BCUT2D eigenvalue weighted by atomic mass is 32.1. The highest BCUT2D eigenvalue weighted by Crippen LogP contribution is 2.27. The van der Waals surface area contributed by atoms with E-state index in [1.54, 1.807) is 18.4 Å². The highest BCUT2D eigenvalue weighted by molar-refractivity contribution is 7.10. The first kappa shape index (κ1) is 17.7. The van der Waals surface area contributed by atoms with E-state index in [-0.39, 0.29) is 11.9 Å². The topological polar surface area (TPSA) is 54.7 Å². The van der Waals surface area contributed by atoms with Crippen LogP contribution in [0.5, 0.6) is 0 Å². The largest absolute Gasteiger partial charge is 0.451 e. The Bertz CT molecular complexity index is 840. The minimum absolute atomic E-state index is 0.124. The van der Waals surface area contributed by atoms with E-state index in [0.717, 1.165) is 10.9 Å². The fourth-order valence-electron chi connectivity index (χ4n) is 2.86. The third kappa shape index (κ3) is 3.76. The molecule has 2 aromatic heterocycles. The first-order chi connectivity index (χ1) is 12.1. The zero-order chi connectivity index (χ0) is 17.8. The van der Waals surface area contributed by atoms with Crippen LogP contribution in [0, 0.1) is 0 Å². The molecule has 1 N–H and O–H groups in total. The van der Waals surface area contributed by atoms with Crippen LogP contribution >= 0.6 is 11.3 Å². The van der Waals surface area contributed by atoms with Crippen molar-refractivity contribution in [2.45, 2.75) is 12.6 Å². The molecule has 1 unspecified atom stereocenters. The second-order valence-electron chi connectivity index (χ2n) is 6.04. The normalized spacial score (nSPS) is 12.6. The number of amides is 1. The van der Waals surface area contributed by atoms with E-state index in [1.807, 2.05) is 49.8 Å². The second-order valence-corrected chi connectivity index (χ2v) is 7.02. The monoisotopic (exact) mass is 358 g/mol. The lowest BCUT2D eigenvalue weighted by Crippen LogP contribution is -2.34. The molecule has 5 nitrogen and oxygen atoms in total. The molecule has 0 spiro atoms. The van der Waals surface area contributed by atoms with E-state index < -0.39 is 0 Å². The van der Waals surface area contributed by atoms with Crippen LogP contribution in [0.3, 0.4) is 0 Å². The van der Waals surface area contributed by atoms with Crippen molar-refractivity contribution in [1.82, 2.24) is 10.2 Å². The Labute approximate surface area is 151 Å². The molecule has 3 aromatic rings. The van der Waals surface area contributed by atoms with Gasteiger partial charge in [0.15, 0.2) is 5.76 Å². The van der Waals surface area contributed by atoms with Crippen LogP contribution in [0.2, 0.25) is 0 Å². The van der Waals surface area contributed by atoms with Crippen LogP contribution in [0.1, 0.15) is 27.0 Å². The van der Waals surface area contributed by atoms with Crippen molar-refractivity contribution in [2.75, 3.05) is 27.7 Å². The number of fused-ring (bicyclic) bond motifs is 1. The number of carbonyl (C=O) groups is 1. The molecule has 0 aliphatic heterocycles. The molecule has 25 heavy (non-hydrogen) atoms. The molecule has 6 heteroatoms. The van der Waals surface area contributed by atoms with E-state index in [9.17, 15) is 4.79 Å². The Morgan fingerprint density at radius 2 is 2.08 bits per heavy atom. The second kappa shape index (κ2) is 7.82. The number of nitrogens with zero attached hydrogens (tertiary/aromatic N) is 1. The van der Waals surface area contributed by atoms with E-state index in [0.29, 0.717) is 24.5 Å². The SMILES string of the molecule is COCc1c(C(=O)NCC(c2cccs2)N(C)C)oc2ccccc12. The summed E-state index contributed by atoms with van der Waals surface area (Å²) in [7, 11) is 5.63. The molecule has 132 valence electrons. The van der Waals surface area contributed by atoms with Gasteiger partial charge in [0.2, 0.25) is 0 Å². The van der Waals surface area contributed by atoms with Crippen molar-refractivity contribution in [1.29, 1.82) is 0 Å². The molecule has 0 aliphatic rings. The number of likely N-dealkylation sites (N-methyl/N-ethyl adjacent to an activating group) is 1. The van der Waals surface area contributed by atoms with Crippen molar-refractivity contribution in [3.05, 3.63) is 58.0 Å². The van der Waals surface area contributed by atoms with Gasteiger partial charge in [0, 0.05) is 29.5 Å². The number of para-hydroxylation sites is 1. The lowest BCUT2D eigenvalue weighted by molar-refractivity contribution is 0.0910. The molecule has 0 saturated carbocycles. The number of carbonyl (C=O) groups excluding carboxylic acids is 1. The van der Waals surface area contributed by atoms with Gasteiger partial charge in [-0.3, -0.25) is 4.79 Å². The molecular formula is C19H22N2O3S. The zero-order valence-electron chi connectivity index (χ0n) is 14.6. The van der Waals surface area contributed by atoms with Gasteiger partial charge in [-0.2, -0.15) is 0 Å². The number of rotatable bonds is 7. The first-order valence-corrected chi connectivity index (χ1v) is 8.97. The number of nitrogens with one attached hydrogen (secondary N) is 1. The van der Waals surface area contributed by atoms with Gasteiger partial charge in [-0.15, -0.1) is 11.3 Å². The Balaban J connectivity index is 1.81. The summed E-state index contributed by atoms with van der Waals surface area (Å²) in [5, 5.41) is 5.96. The molecule has 0 bridgehead atoms. The predicted molar refractivity (Wildman–Crippen MR) is 100 cm³/mol. The van der Waals surface area contributed by atoms with Gasteiger partial charge in [-0.25, -0.2) is 0 Å². The summed E-state index contributed by atoms with van der Waals surface area (Å²) in [5.74, 6) is 0.110. The number of thiophene rings is 1. The van der Waals surface area contributed by atoms with Crippen LogP contribution in [0.4, 0.5) is 0 Å². The van der Waals surface area contributed by atoms with Gasteiger partial charge in [-0.05, 0) is 31.6 Å². The minimum atomic E-state index is -0.216. The Morgan fingerprint density at radius 3 is 2.76 bits per heavy atom. The molecule has 3 rings (SSSR count).